The second-order valence-electron chi connectivity index (χ2n) is 6.71. The van der Waals surface area contributed by atoms with Crippen LogP contribution in [0, 0.1) is 11.3 Å². The Kier molecular flexibility index (Phi) is 5.34. The first-order chi connectivity index (χ1) is 14.2. The zero-order chi connectivity index (χ0) is 20.1. The van der Waals surface area contributed by atoms with Gasteiger partial charge in [-0.1, -0.05) is 6.07 Å². The van der Waals surface area contributed by atoms with E-state index in [0.717, 1.165) is 24.6 Å². The Bertz CT molecular complexity index is 1020. The van der Waals surface area contributed by atoms with E-state index in [1.165, 1.54) is 0 Å². The van der Waals surface area contributed by atoms with Crippen molar-refractivity contribution in [3.8, 4) is 6.07 Å². The Balaban J connectivity index is 1.40. The van der Waals surface area contributed by atoms with Crippen LogP contribution in [-0.4, -0.2) is 47.0 Å². The number of rotatable bonds is 4. The lowest BCUT2D eigenvalue weighted by Gasteiger charge is -2.35. The van der Waals surface area contributed by atoms with Gasteiger partial charge in [0, 0.05) is 49.8 Å². The normalized spacial score (nSPS) is 13.6. The number of aromatic nitrogens is 2. The lowest BCUT2D eigenvalue weighted by molar-refractivity contribution is 0.0746. The van der Waals surface area contributed by atoms with Crippen molar-refractivity contribution in [3.05, 3.63) is 78.1 Å². The number of benzene rings is 1. The summed E-state index contributed by atoms with van der Waals surface area (Å²) in [4.78, 5) is 25.7. The summed E-state index contributed by atoms with van der Waals surface area (Å²) < 4.78 is 0. The molecular formula is C22H20N6O. The summed E-state index contributed by atoms with van der Waals surface area (Å²) in [6.45, 7) is 2.81. The Morgan fingerprint density at radius 3 is 2.45 bits per heavy atom. The fourth-order valence-corrected chi connectivity index (χ4v) is 3.27. The Morgan fingerprint density at radius 2 is 1.76 bits per heavy atom. The molecule has 0 atom stereocenters. The first kappa shape index (κ1) is 18.4. The molecule has 7 heteroatoms. The number of hydrogen-bond donors (Lipinski definition) is 1. The largest absolute Gasteiger partial charge is 0.353 e. The number of carbonyl (C=O) groups is 1. The van der Waals surface area contributed by atoms with E-state index in [1.807, 2.05) is 35.2 Å². The molecule has 2 aromatic heterocycles. The number of piperazine rings is 1. The average molecular weight is 384 g/mol. The molecule has 1 aliphatic heterocycles. The molecule has 1 fully saturated rings. The van der Waals surface area contributed by atoms with E-state index in [0.29, 0.717) is 30.0 Å². The molecule has 1 aliphatic rings. The SMILES string of the molecule is N#Cc1ccc(Nc2cc(C(=O)N3CCN(c4ccccn4)CC3)ccn2)cc1. The minimum absolute atomic E-state index is 0.00375. The molecule has 29 heavy (non-hydrogen) atoms. The van der Waals surface area contributed by atoms with Gasteiger partial charge in [-0.15, -0.1) is 0 Å². The highest BCUT2D eigenvalue weighted by Crippen LogP contribution is 2.18. The summed E-state index contributed by atoms with van der Waals surface area (Å²) in [6, 6.07) is 18.5. The molecule has 0 bridgehead atoms. The van der Waals surface area contributed by atoms with Gasteiger partial charge in [-0.3, -0.25) is 4.79 Å². The van der Waals surface area contributed by atoms with Crippen molar-refractivity contribution in [1.29, 1.82) is 5.26 Å². The van der Waals surface area contributed by atoms with Crippen LogP contribution in [0.3, 0.4) is 0 Å². The molecule has 3 aromatic rings. The molecule has 7 nitrogen and oxygen atoms in total. The van der Waals surface area contributed by atoms with Crippen LogP contribution in [0.2, 0.25) is 0 Å². The lowest BCUT2D eigenvalue weighted by atomic mass is 10.2. The van der Waals surface area contributed by atoms with Crippen LogP contribution < -0.4 is 10.2 Å². The second kappa shape index (κ2) is 8.40. The summed E-state index contributed by atoms with van der Waals surface area (Å²) in [7, 11) is 0. The maximum atomic E-state index is 12.9. The number of hydrogen-bond acceptors (Lipinski definition) is 6. The van der Waals surface area contributed by atoms with Crippen LogP contribution in [0.4, 0.5) is 17.3 Å². The molecule has 0 spiro atoms. The van der Waals surface area contributed by atoms with E-state index in [4.69, 9.17) is 5.26 Å². The molecule has 1 amide bonds. The second-order valence-corrected chi connectivity index (χ2v) is 6.71. The molecule has 1 saturated heterocycles. The van der Waals surface area contributed by atoms with Crippen molar-refractivity contribution in [2.45, 2.75) is 0 Å². The Labute approximate surface area is 169 Å². The molecular weight excluding hydrogens is 364 g/mol. The summed E-state index contributed by atoms with van der Waals surface area (Å²) in [5.41, 5.74) is 2.00. The lowest BCUT2D eigenvalue weighted by Crippen LogP contribution is -2.49. The molecule has 0 saturated carbocycles. The summed E-state index contributed by atoms with van der Waals surface area (Å²) in [5.74, 6) is 1.53. The van der Waals surface area contributed by atoms with E-state index in [2.05, 4.69) is 26.3 Å². The Hall–Kier alpha value is -3.92. The fourth-order valence-electron chi connectivity index (χ4n) is 3.27. The first-order valence-electron chi connectivity index (χ1n) is 9.41. The van der Waals surface area contributed by atoms with Crippen LogP contribution >= 0.6 is 0 Å². The number of carbonyl (C=O) groups excluding carboxylic acids is 1. The van der Waals surface area contributed by atoms with Crippen molar-refractivity contribution in [2.75, 3.05) is 36.4 Å². The van der Waals surface area contributed by atoms with Gasteiger partial charge >= 0.3 is 0 Å². The zero-order valence-corrected chi connectivity index (χ0v) is 15.8. The minimum atomic E-state index is -0.00375. The molecule has 1 aromatic carbocycles. The standard InChI is InChI=1S/C22H20N6O/c23-16-17-4-6-19(7-5-17)26-20-15-18(8-10-24-20)22(29)28-13-11-27(12-14-28)21-3-1-2-9-25-21/h1-10,15H,11-14H2,(H,24,26). The van der Waals surface area contributed by atoms with Gasteiger partial charge in [0.2, 0.25) is 0 Å². The average Bonchev–Trinajstić information content (AvgIpc) is 2.80. The third-order valence-electron chi connectivity index (χ3n) is 4.83. The van der Waals surface area contributed by atoms with Crippen molar-refractivity contribution in [2.24, 2.45) is 0 Å². The zero-order valence-electron chi connectivity index (χ0n) is 15.8. The highest BCUT2D eigenvalue weighted by atomic mass is 16.2. The number of nitrogens with zero attached hydrogens (tertiary/aromatic N) is 5. The first-order valence-corrected chi connectivity index (χ1v) is 9.41. The monoisotopic (exact) mass is 384 g/mol. The van der Waals surface area contributed by atoms with Crippen molar-refractivity contribution in [3.63, 3.8) is 0 Å². The van der Waals surface area contributed by atoms with Crippen LogP contribution in [-0.2, 0) is 0 Å². The molecule has 0 radical (unpaired) electrons. The van der Waals surface area contributed by atoms with Gasteiger partial charge in [0.1, 0.15) is 11.6 Å². The maximum absolute atomic E-state index is 12.9. The Morgan fingerprint density at radius 1 is 0.966 bits per heavy atom. The number of anilines is 3. The maximum Gasteiger partial charge on any atom is 0.254 e. The number of amides is 1. The number of nitrogens with one attached hydrogen (secondary N) is 1. The van der Waals surface area contributed by atoms with E-state index in [-0.39, 0.29) is 5.91 Å². The van der Waals surface area contributed by atoms with Gasteiger partial charge in [-0.2, -0.15) is 5.26 Å². The van der Waals surface area contributed by atoms with Crippen LogP contribution in [0.25, 0.3) is 0 Å². The molecule has 0 aliphatic carbocycles. The summed E-state index contributed by atoms with van der Waals surface area (Å²) >= 11 is 0. The third kappa shape index (κ3) is 4.33. The van der Waals surface area contributed by atoms with Crippen LogP contribution in [0.15, 0.2) is 67.0 Å². The van der Waals surface area contributed by atoms with E-state index in [1.54, 1.807) is 36.7 Å². The number of pyridine rings is 2. The fraction of sp³-hybridized carbons (Fsp3) is 0.182. The van der Waals surface area contributed by atoms with Gasteiger partial charge in [-0.25, -0.2) is 9.97 Å². The predicted octanol–water partition coefficient (Wildman–Crippen LogP) is 3.05. The van der Waals surface area contributed by atoms with Crippen molar-refractivity contribution in [1.82, 2.24) is 14.9 Å². The topological polar surface area (TPSA) is 85.2 Å². The highest BCUT2D eigenvalue weighted by Gasteiger charge is 2.23. The molecule has 1 N–H and O–H groups in total. The minimum Gasteiger partial charge on any atom is -0.353 e. The quantitative estimate of drug-likeness (QED) is 0.744. The van der Waals surface area contributed by atoms with Gasteiger partial charge in [0.15, 0.2) is 0 Å². The van der Waals surface area contributed by atoms with Gasteiger partial charge in [0.25, 0.3) is 5.91 Å². The van der Waals surface area contributed by atoms with Crippen LogP contribution in [0.5, 0.6) is 0 Å². The van der Waals surface area contributed by atoms with Gasteiger partial charge < -0.3 is 15.1 Å². The molecule has 0 unspecified atom stereocenters. The smallest absolute Gasteiger partial charge is 0.254 e. The molecule has 144 valence electrons. The van der Waals surface area contributed by atoms with E-state index < -0.39 is 0 Å². The van der Waals surface area contributed by atoms with E-state index >= 15 is 0 Å². The van der Waals surface area contributed by atoms with E-state index in [9.17, 15) is 4.79 Å². The van der Waals surface area contributed by atoms with Crippen molar-refractivity contribution < 1.29 is 4.79 Å². The third-order valence-corrected chi connectivity index (χ3v) is 4.83. The van der Waals surface area contributed by atoms with Gasteiger partial charge in [0.05, 0.1) is 11.6 Å². The van der Waals surface area contributed by atoms with Crippen molar-refractivity contribution >= 4 is 23.2 Å². The van der Waals surface area contributed by atoms with Crippen LogP contribution in [0.1, 0.15) is 15.9 Å². The highest BCUT2D eigenvalue weighted by molar-refractivity contribution is 5.95. The predicted molar refractivity (Wildman–Crippen MR) is 111 cm³/mol. The van der Waals surface area contributed by atoms with Gasteiger partial charge in [-0.05, 0) is 48.5 Å². The molecule has 3 heterocycles. The summed E-state index contributed by atoms with van der Waals surface area (Å²) in [6.07, 6.45) is 3.41. The molecule has 4 rings (SSSR count). The number of nitriles is 1. The summed E-state index contributed by atoms with van der Waals surface area (Å²) in [5, 5.41) is 12.1.